The van der Waals surface area contributed by atoms with Crippen LogP contribution in [0.1, 0.15) is 40.8 Å². The number of carboxylic acids is 1. The zero-order chi connectivity index (χ0) is 26.2. The highest BCUT2D eigenvalue weighted by Gasteiger charge is 2.31. The Morgan fingerprint density at radius 1 is 1.17 bits per heavy atom. The number of benzene rings is 2. The summed E-state index contributed by atoms with van der Waals surface area (Å²) in [5.41, 5.74) is 2.85. The lowest BCUT2D eigenvalue weighted by Crippen LogP contribution is -2.37. The fourth-order valence-corrected chi connectivity index (χ4v) is 5.34. The monoisotopic (exact) mass is 542 g/mol. The molecule has 194 valence electrons. The Morgan fingerprint density at radius 3 is 2.50 bits per heavy atom. The van der Waals surface area contributed by atoms with Crippen molar-refractivity contribution in [3.63, 3.8) is 0 Å². The number of likely N-dealkylation sites (tertiary alicyclic amines) is 1. The predicted octanol–water partition coefficient (Wildman–Crippen LogP) is 6.47. The Morgan fingerprint density at radius 2 is 1.86 bits per heavy atom. The summed E-state index contributed by atoms with van der Waals surface area (Å²) in [5.74, 6) is -0.972. The summed E-state index contributed by atoms with van der Waals surface area (Å²) in [6.45, 7) is 3.50. The van der Waals surface area contributed by atoms with E-state index in [9.17, 15) is 18.0 Å². The van der Waals surface area contributed by atoms with E-state index in [0.29, 0.717) is 34.1 Å². The molecule has 1 N–H and O–H groups in total. The van der Waals surface area contributed by atoms with E-state index in [1.807, 2.05) is 12.1 Å². The number of carboxylic acid groups (broad SMARTS) is 1. The van der Waals surface area contributed by atoms with Crippen molar-refractivity contribution in [1.82, 2.24) is 9.47 Å². The Bertz CT molecular complexity index is 1280. The second-order valence-electron chi connectivity index (χ2n) is 9.27. The molecule has 2 aromatic carbocycles. The summed E-state index contributed by atoms with van der Waals surface area (Å²) in [7, 11) is 1.75. The molecule has 0 bridgehead atoms. The third-order valence-corrected chi connectivity index (χ3v) is 7.62. The van der Waals surface area contributed by atoms with Gasteiger partial charge in [-0.2, -0.15) is 13.2 Å². The first kappa shape index (κ1) is 26.8. The average molecular weight is 543 g/mol. The Labute approximate surface area is 217 Å². The van der Waals surface area contributed by atoms with Crippen molar-refractivity contribution in [2.24, 2.45) is 7.05 Å². The lowest BCUT2D eigenvalue weighted by molar-refractivity contribution is -0.145. The smallest absolute Gasteiger partial charge is 0.416 e. The number of piperidine rings is 1. The molecule has 0 amide bonds. The van der Waals surface area contributed by atoms with Crippen LogP contribution in [0.5, 0.6) is 0 Å². The van der Waals surface area contributed by atoms with Gasteiger partial charge in [-0.15, -0.1) is 0 Å². The van der Waals surface area contributed by atoms with Gasteiger partial charge in [-0.05, 0) is 60.7 Å². The number of hydrogen-bond donors (Lipinski definition) is 1. The van der Waals surface area contributed by atoms with Crippen molar-refractivity contribution < 1.29 is 27.8 Å². The zero-order valence-electron chi connectivity index (χ0n) is 20.0. The number of ether oxygens (including phenoxy) is 1. The lowest BCUT2D eigenvalue weighted by Gasteiger charge is -2.32. The van der Waals surface area contributed by atoms with Gasteiger partial charge in [-0.1, -0.05) is 29.3 Å². The third kappa shape index (κ3) is 5.83. The number of halogens is 5. The normalized spacial score (nSPS) is 15.6. The molecule has 36 heavy (non-hydrogen) atoms. The van der Waals surface area contributed by atoms with Crippen LogP contribution in [0.15, 0.2) is 30.3 Å². The van der Waals surface area contributed by atoms with Crippen LogP contribution in [0, 0.1) is 6.92 Å². The van der Waals surface area contributed by atoms with Gasteiger partial charge in [0.25, 0.3) is 0 Å². The van der Waals surface area contributed by atoms with E-state index < -0.39 is 17.7 Å². The van der Waals surface area contributed by atoms with E-state index >= 15 is 0 Å². The maximum Gasteiger partial charge on any atom is 0.416 e. The number of fused-ring (bicyclic) bond motifs is 1. The average Bonchev–Trinajstić information content (AvgIpc) is 3.13. The third-order valence-electron chi connectivity index (χ3n) is 6.79. The van der Waals surface area contributed by atoms with E-state index in [1.165, 1.54) is 12.1 Å². The van der Waals surface area contributed by atoms with Gasteiger partial charge in [-0.25, -0.2) is 4.79 Å². The van der Waals surface area contributed by atoms with Gasteiger partial charge >= 0.3 is 12.1 Å². The van der Waals surface area contributed by atoms with Gasteiger partial charge in [0.1, 0.15) is 6.61 Å². The molecule has 1 saturated heterocycles. The number of alkyl halides is 3. The number of carbonyl (C=O) groups is 1. The van der Waals surface area contributed by atoms with E-state index in [1.54, 1.807) is 24.6 Å². The van der Waals surface area contributed by atoms with Crippen LogP contribution in [-0.2, 0) is 35.7 Å². The van der Waals surface area contributed by atoms with Gasteiger partial charge < -0.3 is 14.4 Å². The molecule has 5 nitrogen and oxygen atoms in total. The number of aromatic nitrogens is 1. The molecule has 1 fully saturated rings. The molecule has 3 aromatic rings. The summed E-state index contributed by atoms with van der Waals surface area (Å²) < 4.78 is 47.2. The molecule has 0 aliphatic carbocycles. The molecule has 10 heteroatoms. The van der Waals surface area contributed by atoms with E-state index in [2.05, 4.69) is 4.90 Å². The number of aryl methyl sites for hydroxylation is 2. The largest absolute Gasteiger partial charge is 0.480 e. The minimum atomic E-state index is -4.42. The van der Waals surface area contributed by atoms with Crippen LogP contribution in [0.2, 0.25) is 10.0 Å². The molecule has 1 aliphatic rings. The summed E-state index contributed by atoms with van der Waals surface area (Å²) in [6, 6.07) is 7.93. The Balaban J connectivity index is 1.54. The molecule has 0 radical (unpaired) electrons. The van der Waals surface area contributed by atoms with Crippen LogP contribution in [-0.4, -0.2) is 46.3 Å². The van der Waals surface area contributed by atoms with Crippen molar-refractivity contribution in [3.8, 4) is 0 Å². The van der Waals surface area contributed by atoms with Crippen molar-refractivity contribution >= 4 is 40.1 Å². The van der Waals surface area contributed by atoms with Gasteiger partial charge in [0.05, 0.1) is 16.7 Å². The second-order valence-corrected chi connectivity index (χ2v) is 10.1. The number of hydrogen-bond acceptors (Lipinski definition) is 3. The SMILES string of the molecule is Cc1cc(C(F)(F)F)cc2c1cc(Cc1c(Cl)ccc(CN3CCC(OCC(=O)O)CC3)c1Cl)n2C. The minimum Gasteiger partial charge on any atom is -0.480 e. The van der Waals surface area contributed by atoms with Gasteiger partial charge in [-0.3, -0.25) is 4.90 Å². The topological polar surface area (TPSA) is 54.7 Å². The second kappa shape index (κ2) is 10.6. The van der Waals surface area contributed by atoms with Gasteiger partial charge in [0.15, 0.2) is 0 Å². The molecule has 1 aliphatic heterocycles. The minimum absolute atomic E-state index is 0.0682. The fraction of sp³-hybridized carbons (Fsp3) is 0.423. The Hall–Kier alpha value is -2.26. The van der Waals surface area contributed by atoms with Crippen LogP contribution in [0.3, 0.4) is 0 Å². The highest BCUT2D eigenvalue weighted by Crippen LogP contribution is 2.36. The molecule has 1 aromatic heterocycles. The molecule has 0 unspecified atom stereocenters. The van der Waals surface area contributed by atoms with Crippen molar-refractivity contribution in [3.05, 3.63) is 68.3 Å². The zero-order valence-corrected chi connectivity index (χ0v) is 21.5. The first-order valence-electron chi connectivity index (χ1n) is 11.6. The summed E-state index contributed by atoms with van der Waals surface area (Å²) in [5, 5.41) is 10.6. The van der Waals surface area contributed by atoms with Crippen molar-refractivity contribution in [2.75, 3.05) is 19.7 Å². The molecular formula is C26H27Cl2F3N2O3. The summed E-state index contributed by atoms with van der Waals surface area (Å²) in [4.78, 5) is 12.9. The lowest BCUT2D eigenvalue weighted by atomic mass is 10.0. The number of rotatable bonds is 7. The molecule has 4 rings (SSSR count). The first-order valence-corrected chi connectivity index (χ1v) is 12.4. The Kier molecular flexibility index (Phi) is 7.90. The van der Waals surface area contributed by atoms with Crippen LogP contribution in [0.4, 0.5) is 13.2 Å². The standard InChI is InChI=1S/C26H27Cl2F3N2O3/c1-15-9-17(26(29,30)31)10-23-20(15)11-18(32(23)2)12-21-22(27)4-3-16(25(21)28)13-33-7-5-19(6-8-33)36-14-24(34)35/h3-4,9-11,19H,5-8,12-14H2,1-2H3,(H,34,35). The van der Waals surface area contributed by atoms with Crippen LogP contribution < -0.4 is 0 Å². The summed E-state index contributed by atoms with van der Waals surface area (Å²) in [6.07, 6.45) is -2.63. The molecule has 0 saturated carbocycles. The maximum atomic E-state index is 13.3. The van der Waals surface area contributed by atoms with Gasteiger partial charge in [0, 0.05) is 54.7 Å². The van der Waals surface area contributed by atoms with Gasteiger partial charge in [0.2, 0.25) is 0 Å². The highest BCUT2D eigenvalue weighted by molar-refractivity contribution is 6.36. The van der Waals surface area contributed by atoms with E-state index in [-0.39, 0.29) is 12.7 Å². The first-order chi connectivity index (χ1) is 16.9. The van der Waals surface area contributed by atoms with E-state index in [4.69, 9.17) is 33.0 Å². The number of nitrogens with zero attached hydrogens (tertiary/aromatic N) is 2. The molecule has 0 spiro atoms. The fourth-order valence-electron chi connectivity index (χ4n) is 4.77. The van der Waals surface area contributed by atoms with E-state index in [0.717, 1.165) is 48.1 Å². The molecule has 0 atom stereocenters. The quantitative estimate of drug-likeness (QED) is 0.371. The maximum absolute atomic E-state index is 13.3. The highest BCUT2D eigenvalue weighted by atomic mass is 35.5. The number of aliphatic carboxylic acids is 1. The van der Waals surface area contributed by atoms with Crippen molar-refractivity contribution in [1.29, 1.82) is 0 Å². The summed E-state index contributed by atoms with van der Waals surface area (Å²) >= 11 is 13.3. The predicted molar refractivity (Wildman–Crippen MR) is 134 cm³/mol. The van der Waals surface area contributed by atoms with Crippen LogP contribution in [0.25, 0.3) is 10.9 Å². The molecule has 2 heterocycles. The van der Waals surface area contributed by atoms with Crippen molar-refractivity contribution in [2.45, 2.75) is 45.0 Å². The molecular weight excluding hydrogens is 516 g/mol. The van der Waals surface area contributed by atoms with Crippen LogP contribution >= 0.6 is 23.2 Å².